The number of hydrogen-bond acceptors (Lipinski definition) is 7. The maximum absolute atomic E-state index is 13.7. The summed E-state index contributed by atoms with van der Waals surface area (Å²) in [6, 6.07) is 1.44. The number of nitrogens with zero attached hydrogens (tertiary/aromatic N) is 4. The Balaban J connectivity index is 1.35. The molecule has 0 aromatic heterocycles. The molecule has 3 amide bonds. The van der Waals surface area contributed by atoms with Crippen LogP contribution in [0.1, 0.15) is 57.8 Å². The summed E-state index contributed by atoms with van der Waals surface area (Å²) in [6.45, 7) is 2.15. The fourth-order valence-corrected chi connectivity index (χ4v) is 8.36. The van der Waals surface area contributed by atoms with E-state index in [2.05, 4.69) is 16.2 Å². The zero-order valence-electron chi connectivity index (χ0n) is 20.9. The predicted octanol–water partition coefficient (Wildman–Crippen LogP) is 1.36. The monoisotopic (exact) mass is 524 g/mol. The Kier molecular flexibility index (Phi) is 7.04. The predicted molar refractivity (Wildman–Crippen MR) is 129 cm³/mol. The lowest BCUT2D eigenvalue weighted by molar-refractivity contribution is -0.141. The summed E-state index contributed by atoms with van der Waals surface area (Å²) in [5.41, 5.74) is 2.20. The second-order valence-corrected chi connectivity index (χ2v) is 13.5. The van der Waals surface area contributed by atoms with Gasteiger partial charge in [0.05, 0.1) is 17.2 Å². The van der Waals surface area contributed by atoms with Gasteiger partial charge in [-0.25, -0.2) is 22.6 Å². The van der Waals surface area contributed by atoms with E-state index in [1.165, 1.54) is 4.90 Å². The van der Waals surface area contributed by atoms with Crippen LogP contribution in [0.15, 0.2) is 0 Å². The Bertz CT molecular complexity index is 1020. The van der Waals surface area contributed by atoms with Crippen LogP contribution in [-0.2, 0) is 14.8 Å². The smallest absolute Gasteiger partial charge is 0.320 e. The average molecular weight is 525 g/mol. The molecule has 0 aromatic rings. The molecule has 3 saturated carbocycles. The van der Waals surface area contributed by atoms with Gasteiger partial charge in [0.2, 0.25) is 15.9 Å². The number of carbonyl (C=O) groups is 2. The quantitative estimate of drug-likeness (QED) is 0.515. The summed E-state index contributed by atoms with van der Waals surface area (Å²) < 4.78 is 42.6. The summed E-state index contributed by atoms with van der Waals surface area (Å²) >= 11 is 0. The van der Waals surface area contributed by atoms with Crippen LogP contribution < -0.4 is 10.1 Å². The molecule has 2 aliphatic heterocycles. The highest BCUT2D eigenvalue weighted by molar-refractivity contribution is 7.90. The summed E-state index contributed by atoms with van der Waals surface area (Å²) in [5.74, 6) is -0.604. The molecule has 5 rings (SSSR count). The van der Waals surface area contributed by atoms with E-state index in [-0.39, 0.29) is 36.2 Å². The van der Waals surface area contributed by atoms with Gasteiger partial charge in [-0.2, -0.15) is 9.98 Å². The van der Waals surface area contributed by atoms with Crippen LogP contribution in [0.2, 0.25) is 0 Å². The topological polar surface area (TPSA) is 126 Å². The largest absolute Gasteiger partial charge is 0.326 e. The number of fused-ring (bicyclic) bond motifs is 1. The molecule has 12 heteroatoms. The second-order valence-electron chi connectivity index (χ2n) is 11.6. The molecule has 3 aliphatic carbocycles. The zero-order valence-corrected chi connectivity index (χ0v) is 21.7. The number of nitrogens with one attached hydrogen (secondary N) is 2. The average Bonchev–Trinajstić information content (AvgIpc) is 3.50. The number of hydrazine groups is 1. The van der Waals surface area contributed by atoms with Crippen molar-refractivity contribution < 1.29 is 22.4 Å². The maximum atomic E-state index is 13.7. The molecule has 4 unspecified atom stereocenters. The summed E-state index contributed by atoms with van der Waals surface area (Å²) in [7, 11) is -1.86. The molecular formula is C24H37FN6O4S. The molecule has 36 heavy (non-hydrogen) atoms. The molecule has 0 radical (unpaired) electrons. The fraction of sp³-hybridized carbons (Fsp3) is 0.875. The van der Waals surface area contributed by atoms with Crippen molar-refractivity contribution in [3.05, 3.63) is 0 Å². The Morgan fingerprint density at radius 2 is 1.83 bits per heavy atom. The van der Waals surface area contributed by atoms with Crippen molar-refractivity contribution in [1.82, 2.24) is 25.0 Å². The van der Waals surface area contributed by atoms with Gasteiger partial charge in [0, 0.05) is 45.2 Å². The van der Waals surface area contributed by atoms with Crippen LogP contribution in [-0.4, -0.2) is 91.4 Å². The highest BCUT2D eigenvalue weighted by atomic mass is 32.2. The summed E-state index contributed by atoms with van der Waals surface area (Å²) in [5, 5.41) is 10.5. The lowest BCUT2D eigenvalue weighted by Gasteiger charge is -2.49. The minimum atomic E-state index is -3.78. The first-order valence-electron chi connectivity index (χ1n) is 13.3. The zero-order chi connectivity index (χ0) is 25.7. The van der Waals surface area contributed by atoms with Gasteiger partial charge in [-0.15, -0.1) is 0 Å². The number of rotatable bonds is 7. The highest BCUT2D eigenvalue weighted by Gasteiger charge is 2.53. The number of imide groups is 1. The molecule has 0 bridgehead atoms. The van der Waals surface area contributed by atoms with Gasteiger partial charge in [0.1, 0.15) is 11.7 Å². The third kappa shape index (κ3) is 5.12. The molecule has 5 aliphatic rings. The van der Waals surface area contributed by atoms with E-state index in [9.17, 15) is 27.7 Å². The minimum absolute atomic E-state index is 0.0958. The first kappa shape index (κ1) is 25.8. The summed E-state index contributed by atoms with van der Waals surface area (Å²) in [6.07, 6.45) is 3.54. The lowest BCUT2D eigenvalue weighted by atomic mass is 9.79. The number of urea groups is 1. The molecule has 5 fully saturated rings. The number of amides is 3. The van der Waals surface area contributed by atoms with Crippen molar-refractivity contribution >= 4 is 22.0 Å². The van der Waals surface area contributed by atoms with Gasteiger partial charge in [0.15, 0.2) is 0 Å². The van der Waals surface area contributed by atoms with Crippen LogP contribution in [0, 0.1) is 29.1 Å². The molecule has 2 saturated heterocycles. The van der Waals surface area contributed by atoms with E-state index in [1.54, 1.807) is 4.90 Å². The molecule has 2 N–H and O–H groups in total. The molecule has 0 aromatic carbocycles. The van der Waals surface area contributed by atoms with Crippen molar-refractivity contribution in [2.45, 2.75) is 80.8 Å². The highest BCUT2D eigenvalue weighted by Crippen LogP contribution is 2.41. The van der Waals surface area contributed by atoms with Crippen LogP contribution in [0.4, 0.5) is 9.18 Å². The van der Waals surface area contributed by atoms with E-state index >= 15 is 0 Å². The standard InChI is InChI=1S/C24H37FN6O4S/c1-29-12-17(11-27-29)14-31-22(32)20-10-19(36(34,35)28-24(15-26)8-9-24)6-7-21(20)30(23(31)33)13-16-2-4-18(25)5-3-16/h16-21,27-28H,2-14H2,1H3. The van der Waals surface area contributed by atoms with Crippen molar-refractivity contribution in [2.75, 3.05) is 33.2 Å². The third-order valence-corrected chi connectivity index (χ3v) is 10.8. The van der Waals surface area contributed by atoms with Crippen molar-refractivity contribution in [3.63, 3.8) is 0 Å². The van der Waals surface area contributed by atoms with Crippen LogP contribution in [0.3, 0.4) is 0 Å². The van der Waals surface area contributed by atoms with Crippen LogP contribution in [0.5, 0.6) is 0 Å². The van der Waals surface area contributed by atoms with Gasteiger partial charge in [-0.1, -0.05) is 0 Å². The molecular weight excluding hydrogens is 487 g/mol. The molecule has 200 valence electrons. The normalized spacial score (nSPS) is 37.0. The fourth-order valence-electron chi connectivity index (χ4n) is 6.49. The Hall–Kier alpha value is -1.81. The second kappa shape index (κ2) is 9.82. The number of halogens is 1. The molecule has 0 spiro atoms. The van der Waals surface area contributed by atoms with Crippen molar-refractivity contribution in [3.8, 4) is 6.07 Å². The maximum Gasteiger partial charge on any atom is 0.326 e. The first-order chi connectivity index (χ1) is 17.1. The van der Waals surface area contributed by atoms with E-state index in [0.29, 0.717) is 77.5 Å². The van der Waals surface area contributed by atoms with E-state index in [0.717, 1.165) is 0 Å². The third-order valence-electron chi connectivity index (χ3n) is 8.82. The van der Waals surface area contributed by atoms with Gasteiger partial charge >= 0.3 is 6.03 Å². The van der Waals surface area contributed by atoms with Gasteiger partial charge < -0.3 is 4.90 Å². The van der Waals surface area contributed by atoms with Crippen LogP contribution >= 0.6 is 0 Å². The van der Waals surface area contributed by atoms with Gasteiger partial charge in [-0.3, -0.25) is 15.1 Å². The molecule has 10 nitrogen and oxygen atoms in total. The van der Waals surface area contributed by atoms with E-state index in [1.807, 2.05) is 12.1 Å². The molecule has 2 heterocycles. The lowest BCUT2D eigenvalue weighted by Crippen LogP contribution is -2.65. The first-order valence-corrected chi connectivity index (χ1v) is 14.8. The Labute approximate surface area is 212 Å². The van der Waals surface area contributed by atoms with Gasteiger partial charge in [0.25, 0.3) is 0 Å². The number of carbonyl (C=O) groups excluding carboxylic acids is 2. The minimum Gasteiger partial charge on any atom is -0.320 e. The Morgan fingerprint density at radius 1 is 1.11 bits per heavy atom. The summed E-state index contributed by atoms with van der Waals surface area (Å²) in [4.78, 5) is 30.5. The van der Waals surface area contributed by atoms with Crippen molar-refractivity contribution in [1.29, 1.82) is 5.26 Å². The van der Waals surface area contributed by atoms with Gasteiger partial charge in [-0.05, 0) is 63.7 Å². The number of nitriles is 1. The van der Waals surface area contributed by atoms with Crippen molar-refractivity contribution in [2.24, 2.45) is 17.8 Å². The number of sulfonamides is 1. The molecule has 4 atom stereocenters. The Morgan fingerprint density at radius 3 is 2.44 bits per heavy atom. The number of alkyl halides is 1. The SMILES string of the molecule is CN1CC(CN2C(=O)C3CC(S(=O)(=O)NC4(C#N)CC4)CCC3N(CC3CCC(F)CC3)C2=O)CN1. The van der Waals surface area contributed by atoms with E-state index in [4.69, 9.17) is 0 Å². The number of hydrogen-bond donors (Lipinski definition) is 2. The van der Waals surface area contributed by atoms with E-state index < -0.39 is 32.9 Å². The van der Waals surface area contributed by atoms with Crippen LogP contribution in [0.25, 0.3) is 0 Å².